The molecule has 1 saturated heterocycles. The summed E-state index contributed by atoms with van der Waals surface area (Å²) in [7, 11) is 0. The summed E-state index contributed by atoms with van der Waals surface area (Å²) < 4.78 is 0. The number of amides is 2. The van der Waals surface area contributed by atoms with Crippen molar-refractivity contribution in [2.45, 2.75) is 52.1 Å². The number of aromatic nitrogens is 1. The zero-order valence-electron chi connectivity index (χ0n) is 16.6. The van der Waals surface area contributed by atoms with Crippen LogP contribution in [0.15, 0.2) is 48.5 Å². The molecule has 5 heteroatoms. The molecule has 1 aromatic carbocycles. The fourth-order valence-corrected chi connectivity index (χ4v) is 3.58. The highest BCUT2D eigenvalue weighted by atomic mass is 16.2. The summed E-state index contributed by atoms with van der Waals surface area (Å²) in [6.07, 6.45) is 4.04. The second-order valence-corrected chi connectivity index (χ2v) is 7.45. The predicted molar refractivity (Wildman–Crippen MR) is 109 cm³/mol. The number of pyridine rings is 1. The van der Waals surface area contributed by atoms with Gasteiger partial charge in [0.2, 0.25) is 11.8 Å². The van der Waals surface area contributed by atoms with Gasteiger partial charge in [-0.25, -0.2) is 0 Å². The second kappa shape index (κ2) is 10.0. The van der Waals surface area contributed by atoms with Crippen LogP contribution in [0, 0.1) is 6.92 Å². The van der Waals surface area contributed by atoms with Crippen molar-refractivity contribution in [1.82, 2.24) is 14.8 Å². The van der Waals surface area contributed by atoms with E-state index in [1.165, 1.54) is 0 Å². The number of nitrogens with zero attached hydrogens (tertiary/aromatic N) is 3. The van der Waals surface area contributed by atoms with Crippen LogP contribution in [0.1, 0.15) is 49.1 Å². The summed E-state index contributed by atoms with van der Waals surface area (Å²) in [5.74, 6) is 0.240. The van der Waals surface area contributed by atoms with Gasteiger partial charge in [0.1, 0.15) is 0 Å². The third-order valence-electron chi connectivity index (χ3n) is 5.13. The quantitative estimate of drug-likeness (QED) is 0.737. The Morgan fingerprint density at radius 3 is 2.64 bits per heavy atom. The summed E-state index contributed by atoms with van der Waals surface area (Å²) in [6, 6.07) is 15.9. The molecular weight excluding hydrogens is 350 g/mol. The van der Waals surface area contributed by atoms with Gasteiger partial charge in [-0.05, 0) is 37.5 Å². The normalized spacial score (nSPS) is 14.6. The lowest BCUT2D eigenvalue weighted by molar-refractivity contribution is -0.135. The van der Waals surface area contributed by atoms with Gasteiger partial charge in [-0.1, -0.05) is 42.8 Å². The first-order valence-corrected chi connectivity index (χ1v) is 10.1. The molecule has 2 amide bonds. The first kappa shape index (κ1) is 20.1. The smallest absolute Gasteiger partial charge is 0.225 e. The van der Waals surface area contributed by atoms with Gasteiger partial charge >= 0.3 is 0 Å². The zero-order valence-corrected chi connectivity index (χ0v) is 16.6. The van der Waals surface area contributed by atoms with Crippen molar-refractivity contribution in [3.8, 4) is 0 Å². The van der Waals surface area contributed by atoms with Gasteiger partial charge in [0.25, 0.3) is 0 Å². The number of benzene rings is 1. The summed E-state index contributed by atoms with van der Waals surface area (Å²) in [6.45, 7) is 4.25. The average molecular weight is 380 g/mol. The maximum atomic E-state index is 13.0. The molecule has 1 aliphatic heterocycles. The Bertz CT molecular complexity index is 791. The SMILES string of the molecule is Cc1cccc(CN(Cc2ccccc2)C(=O)CCN2CCCCCC2=O)n1. The van der Waals surface area contributed by atoms with Crippen molar-refractivity contribution in [1.29, 1.82) is 0 Å². The van der Waals surface area contributed by atoms with Crippen LogP contribution in [0.4, 0.5) is 0 Å². The van der Waals surface area contributed by atoms with Gasteiger partial charge in [-0.15, -0.1) is 0 Å². The van der Waals surface area contributed by atoms with Gasteiger partial charge in [-0.3, -0.25) is 14.6 Å². The van der Waals surface area contributed by atoms with Gasteiger partial charge < -0.3 is 9.80 Å². The molecule has 0 radical (unpaired) electrons. The molecule has 0 atom stereocenters. The van der Waals surface area contributed by atoms with Crippen LogP contribution in [0.25, 0.3) is 0 Å². The standard InChI is InChI=1S/C23H29N3O2/c1-19-9-8-12-21(24-19)18-26(17-20-10-4-2-5-11-20)23(28)14-16-25-15-7-3-6-13-22(25)27/h2,4-5,8-12H,3,6-7,13-18H2,1H3. The van der Waals surface area contributed by atoms with E-state index in [1.807, 2.05) is 65.3 Å². The van der Waals surface area contributed by atoms with Crippen LogP contribution < -0.4 is 0 Å². The highest BCUT2D eigenvalue weighted by Crippen LogP contribution is 2.14. The van der Waals surface area contributed by atoms with Crippen LogP contribution in [-0.2, 0) is 22.7 Å². The lowest BCUT2D eigenvalue weighted by Gasteiger charge is -2.25. The Balaban J connectivity index is 1.67. The van der Waals surface area contributed by atoms with Crippen LogP contribution in [-0.4, -0.2) is 39.7 Å². The Hall–Kier alpha value is -2.69. The van der Waals surface area contributed by atoms with E-state index in [1.54, 1.807) is 0 Å². The first-order chi connectivity index (χ1) is 13.6. The molecule has 0 aliphatic carbocycles. The first-order valence-electron chi connectivity index (χ1n) is 10.1. The Labute approximate surface area is 167 Å². The number of likely N-dealkylation sites (tertiary alicyclic amines) is 1. The van der Waals surface area contributed by atoms with Gasteiger partial charge in [0.15, 0.2) is 0 Å². The topological polar surface area (TPSA) is 53.5 Å². The molecule has 2 heterocycles. The van der Waals surface area contributed by atoms with E-state index in [0.29, 0.717) is 32.5 Å². The Kier molecular flexibility index (Phi) is 7.18. The molecule has 1 aromatic heterocycles. The maximum Gasteiger partial charge on any atom is 0.225 e. The van der Waals surface area contributed by atoms with Gasteiger partial charge in [0, 0.05) is 38.2 Å². The lowest BCUT2D eigenvalue weighted by atomic mass is 10.2. The largest absolute Gasteiger partial charge is 0.342 e. The van der Waals surface area contributed by atoms with E-state index in [2.05, 4.69) is 4.98 Å². The number of rotatable bonds is 7. The summed E-state index contributed by atoms with van der Waals surface area (Å²) >= 11 is 0. The molecule has 28 heavy (non-hydrogen) atoms. The van der Waals surface area contributed by atoms with E-state index >= 15 is 0 Å². The monoisotopic (exact) mass is 379 g/mol. The number of carbonyl (C=O) groups is 2. The molecule has 0 N–H and O–H groups in total. The lowest BCUT2D eigenvalue weighted by Crippen LogP contribution is -2.36. The number of aryl methyl sites for hydroxylation is 1. The third kappa shape index (κ3) is 5.91. The number of hydrogen-bond acceptors (Lipinski definition) is 3. The minimum absolute atomic E-state index is 0.0595. The van der Waals surface area contributed by atoms with Crippen LogP contribution in [0.5, 0.6) is 0 Å². The average Bonchev–Trinajstić information content (AvgIpc) is 2.90. The predicted octanol–water partition coefficient (Wildman–Crippen LogP) is 3.71. The van der Waals surface area contributed by atoms with E-state index in [9.17, 15) is 9.59 Å². The van der Waals surface area contributed by atoms with E-state index < -0.39 is 0 Å². The van der Waals surface area contributed by atoms with E-state index in [-0.39, 0.29) is 11.8 Å². The highest BCUT2D eigenvalue weighted by Gasteiger charge is 2.20. The fourth-order valence-electron chi connectivity index (χ4n) is 3.58. The molecule has 0 saturated carbocycles. The summed E-state index contributed by atoms with van der Waals surface area (Å²) in [5.41, 5.74) is 2.92. The molecule has 0 unspecified atom stereocenters. The Morgan fingerprint density at radius 2 is 1.86 bits per heavy atom. The molecule has 148 valence electrons. The van der Waals surface area contributed by atoms with Crippen molar-refractivity contribution in [2.24, 2.45) is 0 Å². The molecular formula is C23H29N3O2. The summed E-state index contributed by atoms with van der Waals surface area (Å²) in [4.78, 5) is 33.5. The van der Waals surface area contributed by atoms with Crippen LogP contribution >= 0.6 is 0 Å². The van der Waals surface area contributed by atoms with Crippen molar-refractivity contribution >= 4 is 11.8 Å². The molecule has 3 rings (SSSR count). The molecule has 2 aromatic rings. The zero-order chi connectivity index (χ0) is 19.8. The van der Waals surface area contributed by atoms with Crippen molar-refractivity contribution in [3.05, 3.63) is 65.5 Å². The minimum Gasteiger partial charge on any atom is -0.342 e. The summed E-state index contributed by atoms with van der Waals surface area (Å²) in [5, 5.41) is 0. The highest BCUT2D eigenvalue weighted by molar-refractivity contribution is 5.79. The van der Waals surface area contributed by atoms with Gasteiger partial charge in [-0.2, -0.15) is 0 Å². The second-order valence-electron chi connectivity index (χ2n) is 7.45. The van der Waals surface area contributed by atoms with Crippen molar-refractivity contribution in [2.75, 3.05) is 13.1 Å². The third-order valence-corrected chi connectivity index (χ3v) is 5.13. The van der Waals surface area contributed by atoms with Crippen molar-refractivity contribution < 1.29 is 9.59 Å². The van der Waals surface area contributed by atoms with Crippen LogP contribution in [0.3, 0.4) is 0 Å². The van der Waals surface area contributed by atoms with Gasteiger partial charge in [0.05, 0.1) is 12.2 Å². The van der Waals surface area contributed by atoms with Crippen molar-refractivity contribution in [3.63, 3.8) is 0 Å². The molecule has 1 aliphatic rings. The van der Waals surface area contributed by atoms with E-state index in [4.69, 9.17) is 0 Å². The fraction of sp³-hybridized carbons (Fsp3) is 0.435. The molecule has 1 fully saturated rings. The van der Waals surface area contributed by atoms with Crippen LogP contribution in [0.2, 0.25) is 0 Å². The number of hydrogen-bond donors (Lipinski definition) is 0. The molecule has 0 spiro atoms. The molecule has 5 nitrogen and oxygen atoms in total. The number of carbonyl (C=O) groups excluding carboxylic acids is 2. The molecule has 0 bridgehead atoms. The van der Waals surface area contributed by atoms with E-state index in [0.717, 1.165) is 42.8 Å². The minimum atomic E-state index is 0.0595. The Morgan fingerprint density at radius 1 is 1.04 bits per heavy atom. The maximum absolute atomic E-state index is 13.0.